The van der Waals surface area contributed by atoms with Crippen molar-refractivity contribution in [1.29, 1.82) is 0 Å². The molecule has 0 bridgehead atoms. The summed E-state index contributed by atoms with van der Waals surface area (Å²) in [4.78, 5) is 12.0. The second-order valence-corrected chi connectivity index (χ2v) is 4.53. The summed E-state index contributed by atoms with van der Waals surface area (Å²) >= 11 is 0. The van der Waals surface area contributed by atoms with Crippen molar-refractivity contribution in [3.05, 3.63) is 53.6 Å². The lowest BCUT2D eigenvalue weighted by molar-refractivity contribution is 0.262. The number of anilines is 2. The van der Waals surface area contributed by atoms with E-state index < -0.39 is 0 Å². The second kappa shape index (κ2) is 6.10. The van der Waals surface area contributed by atoms with Crippen molar-refractivity contribution in [2.75, 3.05) is 17.7 Å². The summed E-state index contributed by atoms with van der Waals surface area (Å²) in [6, 6.07) is 12.8. The largest absolute Gasteiger partial charge is 0.495 e. The van der Waals surface area contributed by atoms with Gasteiger partial charge in [-0.2, -0.15) is 0 Å². The predicted octanol–water partition coefficient (Wildman–Crippen LogP) is 3.96. The van der Waals surface area contributed by atoms with Gasteiger partial charge in [0.25, 0.3) is 0 Å². The third-order valence-corrected chi connectivity index (χ3v) is 3.21. The van der Waals surface area contributed by atoms with E-state index in [0.29, 0.717) is 11.4 Å². The summed E-state index contributed by atoms with van der Waals surface area (Å²) in [5, 5.41) is 5.63. The van der Waals surface area contributed by atoms with Crippen LogP contribution >= 0.6 is 0 Å². The Hall–Kier alpha value is -2.49. The van der Waals surface area contributed by atoms with Crippen LogP contribution in [0.1, 0.15) is 11.1 Å². The molecule has 104 valence electrons. The number of urea groups is 1. The Balaban J connectivity index is 2.11. The number of nitrogens with one attached hydrogen (secondary N) is 2. The van der Waals surface area contributed by atoms with Crippen LogP contribution < -0.4 is 15.4 Å². The van der Waals surface area contributed by atoms with Crippen LogP contribution in [0.3, 0.4) is 0 Å². The number of methoxy groups -OCH3 is 1. The number of carbonyl (C=O) groups is 1. The summed E-state index contributed by atoms with van der Waals surface area (Å²) in [5.41, 5.74) is 3.64. The van der Waals surface area contributed by atoms with Gasteiger partial charge in [-0.25, -0.2) is 4.79 Å². The molecule has 0 aliphatic carbocycles. The Labute approximate surface area is 118 Å². The van der Waals surface area contributed by atoms with Gasteiger partial charge >= 0.3 is 6.03 Å². The highest BCUT2D eigenvalue weighted by atomic mass is 16.5. The molecule has 2 aromatic carbocycles. The molecule has 0 fully saturated rings. The molecule has 20 heavy (non-hydrogen) atoms. The summed E-state index contributed by atoms with van der Waals surface area (Å²) < 4.78 is 5.20. The minimum atomic E-state index is -0.289. The van der Waals surface area contributed by atoms with Gasteiger partial charge in [0, 0.05) is 5.69 Å². The Bertz CT molecular complexity index is 624. The molecule has 4 nitrogen and oxygen atoms in total. The van der Waals surface area contributed by atoms with Crippen LogP contribution in [-0.4, -0.2) is 13.1 Å². The van der Waals surface area contributed by atoms with E-state index in [0.717, 1.165) is 16.8 Å². The maximum Gasteiger partial charge on any atom is 0.323 e. The number of hydrogen-bond acceptors (Lipinski definition) is 2. The lowest BCUT2D eigenvalue weighted by Gasteiger charge is -2.13. The molecule has 0 unspecified atom stereocenters. The molecule has 0 aliphatic rings. The fraction of sp³-hybridized carbons (Fsp3) is 0.188. The zero-order chi connectivity index (χ0) is 14.5. The van der Waals surface area contributed by atoms with Gasteiger partial charge in [-0.1, -0.05) is 24.3 Å². The monoisotopic (exact) mass is 270 g/mol. The molecule has 0 radical (unpaired) electrons. The van der Waals surface area contributed by atoms with Crippen LogP contribution in [0.25, 0.3) is 0 Å². The molecule has 2 N–H and O–H groups in total. The first kappa shape index (κ1) is 13.9. The van der Waals surface area contributed by atoms with E-state index in [1.807, 2.05) is 44.2 Å². The van der Waals surface area contributed by atoms with Crippen LogP contribution in [-0.2, 0) is 0 Å². The maximum atomic E-state index is 12.0. The molecule has 4 heteroatoms. The number of rotatable bonds is 3. The minimum absolute atomic E-state index is 0.289. The summed E-state index contributed by atoms with van der Waals surface area (Å²) in [6.45, 7) is 3.99. The van der Waals surface area contributed by atoms with E-state index >= 15 is 0 Å². The average Bonchev–Trinajstić information content (AvgIpc) is 2.44. The molecule has 0 aliphatic heterocycles. The maximum absolute atomic E-state index is 12.0. The van der Waals surface area contributed by atoms with E-state index in [-0.39, 0.29) is 6.03 Å². The van der Waals surface area contributed by atoms with Crippen LogP contribution in [0, 0.1) is 13.8 Å². The van der Waals surface area contributed by atoms with Crippen LogP contribution in [0.4, 0.5) is 16.2 Å². The first-order valence-corrected chi connectivity index (χ1v) is 6.39. The molecule has 0 saturated carbocycles. The molecule has 2 amide bonds. The third-order valence-electron chi connectivity index (χ3n) is 3.21. The smallest absolute Gasteiger partial charge is 0.323 e. The fourth-order valence-electron chi connectivity index (χ4n) is 1.91. The van der Waals surface area contributed by atoms with Gasteiger partial charge in [-0.05, 0) is 43.2 Å². The molecule has 0 saturated heterocycles. The standard InChI is InChI=1S/C16H18N2O2/c1-11-7-6-9-13(12(11)2)17-16(19)18-14-8-4-5-10-15(14)20-3/h4-10H,1-3H3,(H2,17,18,19). The number of carbonyl (C=O) groups excluding carboxylic acids is 1. The number of ether oxygens (including phenoxy) is 1. The van der Waals surface area contributed by atoms with E-state index in [1.54, 1.807) is 19.2 Å². The SMILES string of the molecule is COc1ccccc1NC(=O)Nc1cccc(C)c1C. The van der Waals surface area contributed by atoms with Gasteiger partial charge in [-0.3, -0.25) is 0 Å². The summed E-state index contributed by atoms with van der Waals surface area (Å²) in [6.07, 6.45) is 0. The van der Waals surface area contributed by atoms with E-state index in [9.17, 15) is 4.79 Å². The van der Waals surface area contributed by atoms with Crippen molar-refractivity contribution < 1.29 is 9.53 Å². The first-order chi connectivity index (χ1) is 9.61. The van der Waals surface area contributed by atoms with Crippen molar-refractivity contribution in [2.24, 2.45) is 0 Å². The number of para-hydroxylation sites is 2. The Morgan fingerprint density at radius 1 is 0.950 bits per heavy atom. The van der Waals surface area contributed by atoms with Crippen molar-refractivity contribution >= 4 is 17.4 Å². The lowest BCUT2D eigenvalue weighted by atomic mass is 10.1. The van der Waals surface area contributed by atoms with Crippen molar-refractivity contribution in [2.45, 2.75) is 13.8 Å². The number of aryl methyl sites for hydroxylation is 1. The minimum Gasteiger partial charge on any atom is -0.495 e. The third kappa shape index (κ3) is 3.09. The van der Waals surface area contributed by atoms with E-state index in [2.05, 4.69) is 10.6 Å². The number of amides is 2. The second-order valence-electron chi connectivity index (χ2n) is 4.53. The normalized spacial score (nSPS) is 9.95. The number of hydrogen-bond donors (Lipinski definition) is 2. The highest BCUT2D eigenvalue weighted by Gasteiger charge is 2.08. The molecule has 0 heterocycles. The fourth-order valence-corrected chi connectivity index (χ4v) is 1.91. The van der Waals surface area contributed by atoms with Crippen LogP contribution in [0.5, 0.6) is 5.75 Å². The van der Waals surface area contributed by atoms with Gasteiger partial charge in [0.1, 0.15) is 5.75 Å². The quantitative estimate of drug-likeness (QED) is 0.887. The predicted molar refractivity (Wildman–Crippen MR) is 81.6 cm³/mol. The lowest BCUT2D eigenvalue weighted by Crippen LogP contribution is -2.20. The van der Waals surface area contributed by atoms with Crippen LogP contribution in [0.2, 0.25) is 0 Å². The Morgan fingerprint density at radius 2 is 1.60 bits per heavy atom. The van der Waals surface area contributed by atoms with Gasteiger partial charge in [-0.15, -0.1) is 0 Å². The van der Waals surface area contributed by atoms with Gasteiger partial charge in [0.2, 0.25) is 0 Å². The average molecular weight is 270 g/mol. The first-order valence-electron chi connectivity index (χ1n) is 6.39. The van der Waals surface area contributed by atoms with Gasteiger partial charge < -0.3 is 15.4 Å². The molecule has 0 atom stereocenters. The molecular weight excluding hydrogens is 252 g/mol. The Morgan fingerprint density at radius 3 is 2.35 bits per heavy atom. The number of benzene rings is 2. The van der Waals surface area contributed by atoms with Gasteiger partial charge in [0.05, 0.1) is 12.8 Å². The van der Waals surface area contributed by atoms with Crippen molar-refractivity contribution in [3.63, 3.8) is 0 Å². The van der Waals surface area contributed by atoms with Crippen molar-refractivity contribution in [1.82, 2.24) is 0 Å². The molecule has 2 rings (SSSR count). The topological polar surface area (TPSA) is 50.4 Å². The highest BCUT2D eigenvalue weighted by molar-refractivity contribution is 6.01. The summed E-state index contributed by atoms with van der Waals surface area (Å²) in [7, 11) is 1.57. The Kier molecular flexibility index (Phi) is 4.25. The summed E-state index contributed by atoms with van der Waals surface area (Å²) in [5.74, 6) is 0.628. The molecule has 0 aromatic heterocycles. The highest BCUT2D eigenvalue weighted by Crippen LogP contribution is 2.24. The van der Waals surface area contributed by atoms with Gasteiger partial charge in [0.15, 0.2) is 0 Å². The van der Waals surface area contributed by atoms with Crippen molar-refractivity contribution in [3.8, 4) is 5.75 Å². The molecule has 2 aromatic rings. The van der Waals surface area contributed by atoms with Crippen LogP contribution in [0.15, 0.2) is 42.5 Å². The zero-order valence-corrected chi connectivity index (χ0v) is 11.9. The zero-order valence-electron chi connectivity index (χ0n) is 11.9. The van der Waals surface area contributed by atoms with E-state index in [4.69, 9.17) is 4.74 Å². The molecule has 0 spiro atoms. The van der Waals surface area contributed by atoms with E-state index in [1.165, 1.54) is 0 Å². The molecular formula is C16H18N2O2.